The van der Waals surface area contributed by atoms with E-state index in [4.69, 9.17) is 9.26 Å². The molecule has 7 nitrogen and oxygen atoms in total. The SMILES string of the molecule is CCCc1nc(Cn2ccnc2CNCCOC)no1. The molecule has 0 saturated carbocycles. The minimum atomic E-state index is 0.578. The van der Waals surface area contributed by atoms with Crippen molar-refractivity contribution in [1.29, 1.82) is 0 Å². The molecule has 7 heteroatoms. The van der Waals surface area contributed by atoms with Gasteiger partial charge in [-0.05, 0) is 6.42 Å². The van der Waals surface area contributed by atoms with Crippen molar-refractivity contribution < 1.29 is 9.26 Å². The number of hydrogen-bond acceptors (Lipinski definition) is 6. The second-order valence-electron chi connectivity index (χ2n) is 4.50. The van der Waals surface area contributed by atoms with E-state index in [2.05, 4.69) is 27.4 Å². The van der Waals surface area contributed by atoms with E-state index in [0.717, 1.165) is 25.2 Å². The summed E-state index contributed by atoms with van der Waals surface area (Å²) in [6.45, 7) is 4.84. The first kappa shape index (κ1) is 14.7. The molecule has 0 radical (unpaired) electrons. The number of aryl methyl sites for hydroxylation is 1. The smallest absolute Gasteiger partial charge is 0.226 e. The molecule has 0 atom stereocenters. The van der Waals surface area contributed by atoms with Crippen molar-refractivity contribution in [2.75, 3.05) is 20.3 Å². The van der Waals surface area contributed by atoms with Crippen molar-refractivity contribution in [3.63, 3.8) is 0 Å². The van der Waals surface area contributed by atoms with Gasteiger partial charge < -0.3 is 19.1 Å². The third kappa shape index (κ3) is 4.14. The number of hydrogen-bond donors (Lipinski definition) is 1. The summed E-state index contributed by atoms with van der Waals surface area (Å²) in [4.78, 5) is 8.69. The predicted molar refractivity (Wildman–Crippen MR) is 73.2 cm³/mol. The van der Waals surface area contributed by atoms with Gasteiger partial charge in [0.15, 0.2) is 5.82 Å². The Bertz CT molecular complexity index is 508. The second kappa shape index (κ2) is 7.76. The van der Waals surface area contributed by atoms with Crippen molar-refractivity contribution in [2.45, 2.75) is 32.9 Å². The zero-order valence-electron chi connectivity index (χ0n) is 12.0. The molecule has 0 aliphatic heterocycles. The zero-order chi connectivity index (χ0) is 14.2. The Morgan fingerprint density at radius 3 is 3.15 bits per heavy atom. The number of rotatable bonds is 9. The summed E-state index contributed by atoms with van der Waals surface area (Å²) >= 11 is 0. The molecule has 0 spiro atoms. The average molecular weight is 279 g/mol. The molecular formula is C13H21N5O2. The third-order valence-corrected chi connectivity index (χ3v) is 2.85. The van der Waals surface area contributed by atoms with Gasteiger partial charge in [-0.15, -0.1) is 0 Å². The van der Waals surface area contributed by atoms with E-state index in [1.165, 1.54) is 0 Å². The number of methoxy groups -OCH3 is 1. The molecular weight excluding hydrogens is 258 g/mol. The maximum Gasteiger partial charge on any atom is 0.226 e. The van der Waals surface area contributed by atoms with E-state index in [1.54, 1.807) is 13.3 Å². The maximum atomic E-state index is 5.18. The van der Waals surface area contributed by atoms with Crippen LogP contribution >= 0.6 is 0 Å². The van der Waals surface area contributed by atoms with Crippen molar-refractivity contribution in [3.8, 4) is 0 Å². The Hall–Kier alpha value is -1.73. The summed E-state index contributed by atoms with van der Waals surface area (Å²) in [7, 11) is 1.69. The van der Waals surface area contributed by atoms with Crippen molar-refractivity contribution >= 4 is 0 Å². The van der Waals surface area contributed by atoms with Crippen LogP contribution in [0.5, 0.6) is 0 Å². The van der Waals surface area contributed by atoms with Crippen molar-refractivity contribution in [1.82, 2.24) is 25.0 Å². The molecule has 2 aromatic heterocycles. The monoisotopic (exact) mass is 279 g/mol. The van der Waals surface area contributed by atoms with Crippen LogP contribution in [0.3, 0.4) is 0 Å². The molecule has 0 bridgehead atoms. The summed E-state index contributed by atoms with van der Waals surface area (Å²) < 4.78 is 12.2. The summed E-state index contributed by atoms with van der Waals surface area (Å²) in [6.07, 6.45) is 5.52. The largest absolute Gasteiger partial charge is 0.383 e. The van der Waals surface area contributed by atoms with E-state index in [1.807, 2.05) is 10.8 Å². The lowest BCUT2D eigenvalue weighted by atomic mass is 10.3. The van der Waals surface area contributed by atoms with Gasteiger partial charge in [-0.1, -0.05) is 12.1 Å². The van der Waals surface area contributed by atoms with Crippen LogP contribution in [0.25, 0.3) is 0 Å². The Kier molecular flexibility index (Phi) is 5.69. The van der Waals surface area contributed by atoms with Crippen LogP contribution in [0.1, 0.15) is 30.9 Å². The topological polar surface area (TPSA) is 78.0 Å². The van der Waals surface area contributed by atoms with Crippen LogP contribution in [-0.2, 0) is 24.2 Å². The minimum absolute atomic E-state index is 0.578. The molecule has 0 fully saturated rings. The molecule has 2 heterocycles. The molecule has 110 valence electrons. The lowest BCUT2D eigenvalue weighted by molar-refractivity contribution is 0.199. The lowest BCUT2D eigenvalue weighted by Crippen LogP contribution is -2.21. The highest BCUT2D eigenvalue weighted by Crippen LogP contribution is 2.05. The number of aromatic nitrogens is 4. The molecule has 1 N–H and O–H groups in total. The van der Waals surface area contributed by atoms with Gasteiger partial charge in [0.2, 0.25) is 5.89 Å². The van der Waals surface area contributed by atoms with Crippen LogP contribution in [-0.4, -0.2) is 40.0 Å². The fourth-order valence-electron chi connectivity index (χ4n) is 1.85. The number of imidazole rings is 1. The molecule has 20 heavy (non-hydrogen) atoms. The van der Waals surface area contributed by atoms with Gasteiger partial charge in [0, 0.05) is 32.5 Å². The quantitative estimate of drug-likeness (QED) is 0.690. The number of ether oxygens (including phenoxy) is 1. The van der Waals surface area contributed by atoms with Gasteiger partial charge in [0.1, 0.15) is 5.82 Å². The molecule has 0 amide bonds. The first-order valence-corrected chi connectivity index (χ1v) is 6.84. The van der Waals surface area contributed by atoms with Crippen LogP contribution in [0.2, 0.25) is 0 Å². The van der Waals surface area contributed by atoms with Crippen molar-refractivity contribution in [2.24, 2.45) is 0 Å². The number of nitrogens with zero attached hydrogens (tertiary/aromatic N) is 4. The van der Waals surface area contributed by atoms with Crippen LogP contribution in [0, 0.1) is 0 Å². The van der Waals surface area contributed by atoms with Gasteiger partial charge in [0.25, 0.3) is 0 Å². The average Bonchev–Trinajstić information content (AvgIpc) is 3.06. The van der Waals surface area contributed by atoms with E-state index >= 15 is 0 Å². The number of nitrogens with one attached hydrogen (secondary N) is 1. The van der Waals surface area contributed by atoms with Crippen LogP contribution in [0.15, 0.2) is 16.9 Å². The predicted octanol–water partition coefficient (Wildman–Crippen LogP) is 1.00. The highest BCUT2D eigenvalue weighted by Gasteiger charge is 2.08. The molecule has 0 saturated heterocycles. The van der Waals surface area contributed by atoms with Gasteiger partial charge >= 0.3 is 0 Å². The maximum absolute atomic E-state index is 5.18. The molecule has 0 aliphatic carbocycles. The standard InChI is InChI=1S/C13H21N5O2/c1-3-4-13-16-11(17-20-13)10-18-7-5-15-12(18)9-14-6-8-19-2/h5,7,14H,3-4,6,8-10H2,1-2H3. The Labute approximate surface area is 118 Å². The molecule has 0 unspecified atom stereocenters. The van der Waals surface area contributed by atoms with Crippen molar-refractivity contribution in [3.05, 3.63) is 29.9 Å². The second-order valence-corrected chi connectivity index (χ2v) is 4.50. The highest BCUT2D eigenvalue weighted by atomic mass is 16.5. The highest BCUT2D eigenvalue weighted by molar-refractivity contribution is 4.97. The molecule has 0 aliphatic rings. The van der Waals surface area contributed by atoms with Gasteiger partial charge in [-0.25, -0.2) is 4.98 Å². The van der Waals surface area contributed by atoms with Crippen LogP contribution < -0.4 is 5.32 Å². The fraction of sp³-hybridized carbons (Fsp3) is 0.615. The van der Waals surface area contributed by atoms with E-state index in [0.29, 0.717) is 31.4 Å². The summed E-state index contributed by atoms with van der Waals surface area (Å²) in [5, 5.41) is 7.25. The summed E-state index contributed by atoms with van der Waals surface area (Å²) in [6, 6.07) is 0. The van der Waals surface area contributed by atoms with E-state index in [-0.39, 0.29) is 0 Å². The zero-order valence-corrected chi connectivity index (χ0v) is 12.0. The lowest BCUT2D eigenvalue weighted by Gasteiger charge is -2.06. The third-order valence-electron chi connectivity index (χ3n) is 2.85. The summed E-state index contributed by atoms with van der Waals surface area (Å²) in [5.74, 6) is 2.33. The van der Waals surface area contributed by atoms with Gasteiger partial charge in [0.05, 0.1) is 19.7 Å². The molecule has 2 rings (SSSR count). The van der Waals surface area contributed by atoms with Gasteiger partial charge in [-0.2, -0.15) is 4.98 Å². The fourth-order valence-corrected chi connectivity index (χ4v) is 1.85. The minimum Gasteiger partial charge on any atom is -0.383 e. The molecule has 2 aromatic rings. The Balaban J connectivity index is 1.90. The van der Waals surface area contributed by atoms with Crippen LogP contribution in [0.4, 0.5) is 0 Å². The normalized spacial score (nSPS) is 11.1. The summed E-state index contributed by atoms with van der Waals surface area (Å²) in [5.41, 5.74) is 0. The molecule has 0 aromatic carbocycles. The first-order valence-electron chi connectivity index (χ1n) is 6.84. The Morgan fingerprint density at radius 1 is 1.45 bits per heavy atom. The first-order chi connectivity index (χ1) is 9.83. The van der Waals surface area contributed by atoms with E-state index in [9.17, 15) is 0 Å². The van der Waals surface area contributed by atoms with E-state index < -0.39 is 0 Å². The Morgan fingerprint density at radius 2 is 2.35 bits per heavy atom. The van der Waals surface area contributed by atoms with Gasteiger partial charge in [-0.3, -0.25) is 0 Å².